The van der Waals surface area contributed by atoms with Crippen molar-refractivity contribution >= 4 is 0 Å². The van der Waals surface area contributed by atoms with Crippen molar-refractivity contribution in [3.8, 4) is 0 Å². The highest BCUT2D eigenvalue weighted by Crippen LogP contribution is 2.19. The summed E-state index contributed by atoms with van der Waals surface area (Å²) in [5.41, 5.74) is 0. The molecule has 0 radical (unpaired) electrons. The molecule has 58 valence electrons. The fraction of sp³-hybridized carbons (Fsp3) is 1.00. The van der Waals surface area contributed by atoms with Gasteiger partial charge in [0.25, 0.3) is 0 Å². The first-order valence-electron chi connectivity index (χ1n) is 3.81. The van der Waals surface area contributed by atoms with Gasteiger partial charge in [-0.15, -0.1) is 5.17 Å². The second-order valence-corrected chi connectivity index (χ2v) is 2.92. The Morgan fingerprint density at radius 3 is 3.10 bits per heavy atom. The first-order chi connectivity index (χ1) is 4.88. The first-order valence-corrected chi connectivity index (χ1v) is 3.81. The maximum absolute atomic E-state index is 9.24. The number of hydrogen-bond acceptors (Lipinski definition) is 4. The molecule has 0 amide bonds. The Morgan fingerprint density at radius 1 is 1.40 bits per heavy atom. The summed E-state index contributed by atoms with van der Waals surface area (Å²) >= 11 is 0. The molecule has 0 spiro atoms. The zero-order valence-corrected chi connectivity index (χ0v) is 5.95. The lowest BCUT2D eigenvalue weighted by atomic mass is 10.1. The molecule has 0 bridgehead atoms. The molecule has 0 aliphatic carbocycles. The molecule has 10 heavy (non-hydrogen) atoms. The molecule has 1 unspecified atom stereocenters. The first kappa shape index (κ1) is 6.54. The van der Waals surface area contributed by atoms with E-state index in [0.29, 0.717) is 6.04 Å². The number of rotatable bonds is 0. The lowest BCUT2D eigenvalue weighted by Crippen LogP contribution is -2.49. The average Bonchev–Trinajstić information content (AvgIpc) is 2.34. The van der Waals surface area contributed by atoms with E-state index in [-0.39, 0.29) is 0 Å². The molecule has 0 saturated carbocycles. The summed E-state index contributed by atoms with van der Waals surface area (Å²) in [7, 11) is 0. The molecular weight excluding hydrogens is 130 g/mol. The van der Waals surface area contributed by atoms with Crippen LogP contribution in [0.3, 0.4) is 0 Å². The average molecular weight is 143 g/mol. The van der Waals surface area contributed by atoms with Gasteiger partial charge in [-0.05, 0) is 19.4 Å². The van der Waals surface area contributed by atoms with E-state index in [0.717, 1.165) is 32.6 Å². The van der Waals surface area contributed by atoms with Crippen molar-refractivity contribution < 1.29 is 5.21 Å². The second kappa shape index (κ2) is 2.47. The van der Waals surface area contributed by atoms with E-state index >= 15 is 0 Å². The summed E-state index contributed by atoms with van der Waals surface area (Å²) in [4.78, 5) is 0. The summed E-state index contributed by atoms with van der Waals surface area (Å²) in [6, 6.07) is 0.589. The standard InChI is InChI=1S/C6H13N3O/c10-9-4-2-6-1-3-7-5-8(6)9/h6-7,10H,1-5H2. The van der Waals surface area contributed by atoms with Gasteiger partial charge < -0.3 is 5.32 Å². The minimum atomic E-state index is 0.589. The van der Waals surface area contributed by atoms with Gasteiger partial charge in [0.15, 0.2) is 0 Å². The Labute approximate surface area is 60.3 Å². The number of nitrogens with zero attached hydrogens (tertiary/aromatic N) is 2. The SMILES string of the molecule is ON1CCC2CCNCN21. The lowest BCUT2D eigenvalue weighted by molar-refractivity contribution is -0.234. The number of hydrazine groups is 1. The molecule has 2 aliphatic heterocycles. The van der Waals surface area contributed by atoms with Crippen LogP contribution in [0, 0.1) is 0 Å². The monoisotopic (exact) mass is 143 g/mol. The van der Waals surface area contributed by atoms with Crippen LogP contribution in [0.15, 0.2) is 0 Å². The molecule has 2 aliphatic rings. The van der Waals surface area contributed by atoms with E-state index < -0.39 is 0 Å². The third-order valence-electron chi connectivity index (χ3n) is 2.31. The van der Waals surface area contributed by atoms with Crippen LogP contribution in [-0.4, -0.2) is 41.2 Å². The van der Waals surface area contributed by atoms with Gasteiger partial charge in [-0.3, -0.25) is 5.21 Å². The molecule has 2 saturated heterocycles. The van der Waals surface area contributed by atoms with Crippen LogP contribution in [0.2, 0.25) is 0 Å². The summed E-state index contributed by atoms with van der Waals surface area (Å²) < 4.78 is 0. The van der Waals surface area contributed by atoms with Crippen LogP contribution in [0.5, 0.6) is 0 Å². The highest BCUT2D eigenvalue weighted by Gasteiger charge is 2.32. The smallest absolute Gasteiger partial charge is 0.0648 e. The van der Waals surface area contributed by atoms with Crippen molar-refractivity contribution in [3.05, 3.63) is 0 Å². The van der Waals surface area contributed by atoms with Crippen molar-refractivity contribution in [2.24, 2.45) is 0 Å². The van der Waals surface area contributed by atoms with Crippen LogP contribution in [-0.2, 0) is 0 Å². The number of nitrogens with one attached hydrogen (secondary N) is 1. The van der Waals surface area contributed by atoms with Crippen LogP contribution in [0.25, 0.3) is 0 Å². The minimum Gasteiger partial charge on any atom is -0.303 e. The van der Waals surface area contributed by atoms with Gasteiger partial charge in [0.05, 0.1) is 6.67 Å². The molecule has 2 rings (SSSR count). The Bertz CT molecular complexity index is 128. The highest BCUT2D eigenvalue weighted by atomic mass is 16.6. The zero-order valence-electron chi connectivity index (χ0n) is 5.95. The summed E-state index contributed by atoms with van der Waals surface area (Å²) in [6.07, 6.45) is 2.27. The van der Waals surface area contributed by atoms with E-state index in [9.17, 15) is 5.21 Å². The van der Waals surface area contributed by atoms with Gasteiger partial charge in [0.1, 0.15) is 0 Å². The fourth-order valence-corrected chi connectivity index (χ4v) is 1.70. The fourth-order valence-electron chi connectivity index (χ4n) is 1.70. The zero-order chi connectivity index (χ0) is 6.97. The molecule has 4 heteroatoms. The van der Waals surface area contributed by atoms with Crippen molar-refractivity contribution in [3.63, 3.8) is 0 Å². The molecule has 0 aromatic rings. The minimum absolute atomic E-state index is 0.589. The molecule has 4 nitrogen and oxygen atoms in total. The van der Waals surface area contributed by atoms with Crippen molar-refractivity contribution in [1.82, 2.24) is 15.5 Å². The molecule has 2 N–H and O–H groups in total. The van der Waals surface area contributed by atoms with E-state index in [1.807, 2.05) is 5.01 Å². The molecule has 2 fully saturated rings. The van der Waals surface area contributed by atoms with Crippen LogP contribution in [0.4, 0.5) is 0 Å². The second-order valence-electron chi connectivity index (χ2n) is 2.92. The normalized spacial score (nSPS) is 36.3. The maximum Gasteiger partial charge on any atom is 0.0648 e. The number of fused-ring (bicyclic) bond motifs is 1. The molecule has 1 atom stereocenters. The van der Waals surface area contributed by atoms with E-state index in [4.69, 9.17) is 0 Å². The molecule has 0 aromatic heterocycles. The Kier molecular flexibility index (Phi) is 1.61. The van der Waals surface area contributed by atoms with Gasteiger partial charge in [-0.25, -0.2) is 5.01 Å². The Hall–Kier alpha value is -0.160. The van der Waals surface area contributed by atoms with Gasteiger partial charge in [0.2, 0.25) is 0 Å². The third kappa shape index (κ3) is 0.932. The number of hydrogen-bond donors (Lipinski definition) is 2. The predicted molar refractivity (Wildman–Crippen MR) is 36.2 cm³/mol. The highest BCUT2D eigenvalue weighted by molar-refractivity contribution is 4.78. The summed E-state index contributed by atoms with van der Waals surface area (Å²) in [5, 5.41) is 15.8. The predicted octanol–water partition coefficient (Wildman–Crippen LogP) is -0.382. The molecule has 0 aromatic carbocycles. The van der Waals surface area contributed by atoms with Crippen molar-refractivity contribution in [1.29, 1.82) is 0 Å². The molecular formula is C6H13N3O. The van der Waals surface area contributed by atoms with Crippen molar-refractivity contribution in [2.45, 2.75) is 18.9 Å². The quantitative estimate of drug-likeness (QED) is 0.485. The Balaban J connectivity index is 2.01. The van der Waals surface area contributed by atoms with Crippen LogP contribution in [0.1, 0.15) is 12.8 Å². The summed E-state index contributed by atoms with van der Waals surface area (Å²) in [6.45, 7) is 2.70. The van der Waals surface area contributed by atoms with Gasteiger partial charge in [0, 0.05) is 12.6 Å². The largest absolute Gasteiger partial charge is 0.303 e. The van der Waals surface area contributed by atoms with Crippen LogP contribution < -0.4 is 5.32 Å². The van der Waals surface area contributed by atoms with Crippen molar-refractivity contribution in [2.75, 3.05) is 19.8 Å². The number of hydroxylamine groups is 1. The maximum atomic E-state index is 9.24. The van der Waals surface area contributed by atoms with Crippen LogP contribution >= 0.6 is 0 Å². The third-order valence-corrected chi connectivity index (χ3v) is 2.31. The van der Waals surface area contributed by atoms with Gasteiger partial charge in [-0.1, -0.05) is 0 Å². The van der Waals surface area contributed by atoms with Gasteiger partial charge >= 0.3 is 0 Å². The molecule has 2 heterocycles. The summed E-state index contributed by atoms with van der Waals surface area (Å²) in [5.74, 6) is 0. The van der Waals surface area contributed by atoms with E-state index in [1.165, 1.54) is 5.17 Å². The van der Waals surface area contributed by atoms with E-state index in [2.05, 4.69) is 5.32 Å². The lowest BCUT2D eigenvalue weighted by Gasteiger charge is -2.32. The van der Waals surface area contributed by atoms with E-state index in [1.54, 1.807) is 0 Å². The topological polar surface area (TPSA) is 38.7 Å². The Morgan fingerprint density at radius 2 is 2.30 bits per heavy atom. The van der Waals surface area contributed by atoms with Gasteiger partial charge in [-0.2, -0.15) is 0 Å².